The van der Waals surface area contributed by atoms with Crippen molar-refractivity contribution in [3.05, 3.63) is 83.7 Å². The number of carbonyl (C=O) groups is 2. The maximum absolute atomic E-state index is 12.5. The SMILES string of the molecule is Cc1ccc(C)c(S(=O)(=O)NCCC(=O)Nc2cccc(NC(=O)c3ccncc3)c2)c1. The molecule has 0 aliphatic carbocycles. The minimum absolute atomic E-state index is 0.0416. The summed E-state index contributed by atoms with van der Waals surface area (Å²) >= 11 is 0. The topological polar surface area (TPSA) is 117 Å². The molecule has 0 unspecified atom stereocenters. The molecule has 8 nitrogen and oxygen atoms in total. The molecule has 32 heavy (non-hydrogen) atoms. The van der Waals surface area contributed by atoms with Crippen LogP contribution in [0.15, 0.2) is 71.9 Å². The Hall–Kier alpha value is -3.56. The molecule has 166 valence electrons. The van der Waals surface area contributed by atoms with Crippen molar-refractivity contribution in [1.29, 1.82) is 0 Å². The highest BCUT2D eigenvalue weighted by molar-refractivity contribution is 7.89. The lowest BCUT2D eigenvalue weighted by Crippen LogP contribution is -2.28. The number of rotatable bonds is 8. The van der Waals surface area contributed by atoms with Crippen LogP contribution in [0.5, 0.6) is 0 Å². The summed E-state index contributed by atoms with van der Waals surface area (Å²) in [5.74, 6) is -0.650. The standard InChI is InChI=1S/C23H24N4O4S/c1-16-6-7-17(2)21(14-16)32(30,31)25-13-10-22(28)26-19-4-3-5-20(15-19)27-23(29)18-8-11-24-12-9-18/h3-9,11-12,14-15,25H,10,13H2,1-2H3,(H,26,28)(H,27,29). The minimum Gasteiger partial charge on any atom is -0.326 e. The lowest BCUT2D eigenvalue weighted by Gasteiger charge is -2.11. The van der Waals surface area contributed by atoms with Gasteiger partial charge in [-0.2, -0.15) is 0 Å². The number of anilines is 2. The molecule has 3 N–H and O–H groups in total. The number of hydrogen-bond acceptors (Lipinski definition) is 5. The highest BCUT2D eigenvalue weighted by atomic mass is 32.2. The summed E-state index contributed by atoms with van der Waals surface area (Å²) < 4.78 is 27.5. The van der Waals surface area contributed by atoms with Crippen LogP contribution in [-0.2, 0) is 14.8 Å². The Morgan fingerprint density at radius 1 is 0.906 bits per heavy atom. The van der Waals surface area contributed by atoms with Gasteiger partial charge in [-0.25, -0.2) is 13.1 Å². The van der Waals surface area contributed by atoms with E-state index in [0.717, 1.165) is 5.56 Å². The van der Waals surface area contributed by atoms with E-state index in [0.29, 0.717) is 22.5 Å². The zero-order chi connectivity index (χ0) is 23.1. The first-order chi connectivity index (χ1) is 15.2. The lowest BCUT2D eigenvalue weighted by molar-refractivity contribution is -0.116. The fourth-order valence-electron chi connectivity index (χ4n) is 2.98. The number of sulfonamides is 1. The molecular weight excluding hydrogens is 428 g/mol. The van der Waals surface area contributed by atoms with Crippen molar-refractivity contribution in [2.75, 3.05) is 17.2 Å². The Balaban J connectivity index is 1.54. The molecular formula is C23H24N4O4S. The molecule has 2 amide bonds. The van der Waals surface area contributed by atoms with Crippen LogP contribution in [0.1, 0.15) is 27.9 Å². The van der Waals surface area contributed by atoms with E-state index < -0.39 is 10.0 Å². The van der Waals surface area contributed by atoms with Crippen molar-refractivity contribution < 1.29 is 18.0 Å². The van der Waals surface area contributed by atoms with Crippen LogP contribution in [0, 0.1) is 13.8 Å². The van der Waals surface area contributed by atoms with Gasteiger partial charge in [-0.1, -0.05) is 18.2 Å². The van der Waals surface area contributed by atoms with Crippen LogP contribution >= 0.6 is 0 Å². The number of benzene rings is 2. The number of amides is 2. The Bertz CT molecular complexity index is 1230. The number of nitrogens with zero attached hydrogens (tertiary/aromatic N) is 1. The van der Waals surface area contributed by atoms with Crippen LogP contribution in [0.2, 0.25) is 0 Å². The van der Waals surface area contributed by atoms with E-state index in [2.05, 4.69) is 20.3 Å². The van der Waals surface area contributed by atoms with Gasteiger partial charge < -0.3 is 10.6 Å². The van der Waals surface area contributed by atoms with Crippen LogP contribution in [0.25, 0.3) is 0 Å². The van der Waals surface area contributed by atoms with Crippen LogP contribution in [0.4, 0.5) is 11.4 Å². The largest absolute Gasteiger partial charge is 0.326 e. The fourth-order valence-corrected chi connectivity index (χ4v) is 4.34. The van der Waals surface area contributed by atoms with Crippen molar-refractivity contribution in [3.8, 4) is 0 Å². The molecule has 1 heterocycles. The molecule has 0 aliphatic heterocycles. The van der Waals surface area contributed by atoms with Crippen molar-refractivity contribution in [1.82, 2.24) is 9.71 Å². The van der Waals surface area contributed by atoms with E-state index >= 15 is 0 Å². The van der Waals surface area contributed by atoms with Gasteiger partial charge >= 0.3 is 0 Å². The van der Waals surface area contributed by atoms with Gasteiger partial charge in [-0.3, -0.25) is 14.6 Å². The molecule has 0 fully saturated rings. The third-order valence-electron chi connectivity index (χ3n) is 4.62. The van der Waals surface area contributed by atoms with Gasteiger partial charge in [0.15, 0.2) is 0 Å². The summed E-state index contributed by atoms with van der Waals surface area (Å²) in [6.07, 6.45) is 3.01. The molecule has 0 spiro atoms. The second kappa shape index (κ2) is 10.2. The lowest BCUT2D eigenvalue weighted by atomic mass is 10.2. The first kappa shape index (κ1) is 23.1. The average molecular weight is 453 g/mol. The Morgan fingerprint density at radius 3 is 2.31 bits per heavy atom. The van der Waals surface area contributed by atoms with E-state index in [4.69, 9.17) is 0 Å². The van der Waals surface area contributed by atoms with Crippen molar-refractivity contribution in [2.45, 2.75) is 25.2 Å². The number of aromatic nitrogens is 1. The van der Waals surface area contributed by atoms with Gasteiger partial charge in [0, 0.05) is 42.3 Å². The first-order valence-electron chi connectivity index (χ1n) is 9.93. The molecule has 0 aliphatic rings. The summed E-state index contributed by atoms with van der Waals surface area (Å²) in [6.45, 7) is 3.50. The zero-order valence-electron chi connectivity index (χ0n) is 17.8. The van der Waals surface area contributed by atoms with Crippen LogP contribution in [-0.4, -0.2) is 31.8 Å². The quantitative estimate of drug-likeness (QED) is 0.485. The number of hydrogen-bond donors (Lipinski definition) is 3. The Morgan fingerprint density at radius 2 is 1.59 bits per heavy atom. The summed E-state index contributed by atoms with van der Waals surface area (Å²) in [6, 6.07) is 15.1. The van der Waals surface area contributed by atoms with Gasteiger partial charge in [-0.15, -0.1) is 0 Å². The molecule has 2 aromatic carbocycles. The van der Waals surface area contributed by atoms with E-state index in [-0.39, 0.29) is 29.7 Å². The summed E-state index contributed by atoms with van der Waals surface area (Å²) in [5.41, 5.74) is 2.94. The van der Waals surface area contributed by atoms with Crippen LogP contribution < -0.4 is 15.4 Å². The number of aryl methyl sites for hydroxylation is 2. The minimum atomic E-state index is -3.71. The number of carbonyl (C=O) groups excluding carboxylic acids is 2. The highest BCUT2D eigenvalue weighted by Gasteiger charge is 2.17. The van der Waals surface area contributed by atoms with E-state index in [9.17, 15) is 18.0 Å². The maximum Gasteiger partial charge on any atom is 0.255 e. The Kier molecular flexibility index (Phi) is 7.34. The third-order valence-corrected chi connectivity index (χ3v) is 6.23. The smallest absolute Gasteiger partial charge is 0.255 e. The van der Waals surface area contributed by atoms with Gasteiger partial charge in [0.2, 0.25) is 15.9 Å². The molecule has 0 saturated carbocycles. The maximum atomic E-state index is 12.5. The number of pyridine rings is 1. The second-order valence-electron chi connectivity index (χ2n) is 7.24. The molecule has 9 heteroatoms. The van der Waals surface area contributed by atoms with Crippen molar-refractivity contribution >= 4 is 33.2 Å². The molecule has 0 atom stereocenters. The monoisotopic (exact) mass is 452 g/mol. The predicted molar refractivity (Wildman–Crippen MR) is 123 cm³/mol. The second-order valence-corrected chi connectivity index (χ2v) is 8.97. The molecule has 3 rings (SSSR count). The molecule has 0 radical (unpaired) electrons. The molecule has 1 aromatic heterocycles. The average Bonchev–Trinajstić information content (AvgIpc) is 2.76. The van der Waals surface area contributed by atoms with Gasteiger partial charge in [0.1, 0.15) is 0 Å². The van der Waals surface area contributed by atoms with Gasteiger partial charge in [0.25, 0.3) is 5.91 Å². The summed E-state index contributed by atoms with van der Waals surface area (Å²) in [7, 11) is -3.71. The predicted octanol–water partition coefficient (Wildman–Crippen LogP) is 3.26. The first-order valence-corrected chi connectivity index (χ1v) is 11.4. The van der Waals surface area contributed by atoms with Crippen molar-refractivity contribution in [3.63, 3.8) is 0 Å². The van der Waals surface area contributed by atoms with Crippen LogP contribution in [0.3, 0.4) is 0 Å². The van der Waals surface area contributed by atoms with E-state index in [1.54, 1.807) is 55.5 Å². The van der Waals surface area contributed by atoms with Gasteiger partial charge in [-0.05, 0) is 61.4 Å². The third kappa shape index (κ3) is 6.22. The van der Waals surface area contributed by atoms with E-state index in [1.807, 2.05) is 13.0 Å². The van der Waals surface area contributed by atoms with Crippen molar-refractivity contribution in [2.24, 2.45) is 0 Å². The fraction of sp³-hybridized carbons (Fsp3) is 0.174. The summed E-state index contributed by atoms with van der Waals surface area (Å²) in [5, 5.41) is 5.46. The Labute approximate surface area is 187 Å². The normalized spacial score (nSPS) is 11.1. The summed E-state index contributed by atoms with van der Waals surface area (Å²) in [4.78, 5) is 28.6. The highest BCUT2D eigenvalue weighted by Crippen LogP contribution is 2.18. The molecule has 3 aromatic rings. The number of nitrogens with one attached hydrogen (secondary N) is 3. The van der Waals surface area contributed by atoms with Gasteiger partial charge in [0.05, 0.1) is 4.90 Å². The molecule has 0 saturated heterocycles. The molecule has 0 bridgehead atoms. The zero-order valence-corrected chi connectivity index (χ0v) is 18.6. The van der Waals surface area contributed by atoms with E-state index in [1.165, 1.54) is 12.4 Å².